The molecule has 0 aliphatic carbocycles. The molecule has 0 N–H and O–H groups in total. The Morgan fingerprint density at radius 1 is 1.11 bits per heavy atom. The van der Waals surface area contributed by atoms with E-state index in [1.165, 1.54) is 23.0 Å². The summed E-state index contributed by atoms with van der Waals surface area (Å²) in [4.78, 5) is 17.2. The minimum absolute atomic E-state index is 0.125. The summed E-state index contributed by atoms with van der Waals surface area (Å²) in [5.41, 5.74) is 3.53. The van der Waals surface area contributed by atoms with Crippen molar-refractivity contribution in [1.82, 2.24) is 19.7 Å². The smallest absolute Gasteiger partial charge is 0.233 e. The zero-order valence-electron chi connectivity index (χ0n) is 21.4. The second kappa shape index (κ2) is 12.1. The molecule has 1 fully saturated rings. The molecule has 1 aliphatic rings. The van der Waals surface area contributed by atoms with Crippen LogP contribution in [-0.2, 0) is 17.9 Å². The molecule has 190 valence electrons. The molecule has 1 aliphatic heterocycles. The van der Waals surface area contributed by atoms with Gasteiger partial charge in [-0.1, -0.05) is 62.0 Å². The van der Waals surface area contributed by atoms with E-state index in [4.69, 9.17) is 4.74 Å². The third-order valence-corrected chi connectivity index (χ3v) is 7.28. The lowest BCUT2D eigenvalue weighted by Crippen LogP contribution is -2.49. The highest BCUT2D eigenvalue weighted by Gasteiger charge is 2.22. The summed E-state index contributed by atoms with van der Waals surface area (Å²) in [6.07, 6.45) is 1.81. The molecule has 3 aromatic rings. The first kappa shape index (κ1) is 25.8. The molecular weight excluding hydrogens is 470 g/mol. The number of thioether (sulfide) groups is 1. The summed E-state index contributed by atoms with van der Waals surface area (Å²) in [6.45, 7) is 14.2. The monoisotopic (exact) mass is 505 g/mol. The van der Waals surface area contributed by atoms with Gasteiger partial charge in [0.25, 0.3) is 0 Å². The van der Waals surface area contributed by atoms with Crippen molar-refractivity contribution in [3.8, 4) is 5.75 Å². The van der Waals surface area contributed by atoms with Crippen LogP contribution in [-0.4, -0.2) is 57.5 Å². The normalized spacial score (nSPS) is 13.8. The second-order valence-electron chi connectivity index (χ2n) is 9.27. The maximum absolute atomic E-state index is 12.9. The number of hydrogen-bond acceptors (Lipinski definition) is 6. The number of allylic oxidation sites excluding steroid dienone is 1. The Morgan fingerprint density at radius 2 is 1.86 bits per heavy atom. The number of amides is 1. The maximum atomic E-state index is 12.9. The summed E-state index contributed by atoms with van der Waals surface area (Å²) in [5, 5.41) is 9.44. The van der Waals surface area contributed by atoms with Gasteiger partial charge in [0.05, 0.1) is 5.75 Å². The number of para-hydroxylation sites is 1. The largest absolute Gasteiger partial charge is 0.485 e. The van der Waals surface area contributed by atoms with Gasteiger partial charge in [0.2, 0.25) is 5.91 Å². The summed E-state index contributed by atoms with van der Waals surface area (Å²) < 4.78 is 8.16. The molecule has 0 atom stereocenters. The Hall–Kier alpha value is -3.26. The fraction of sp³-hybridized carbons (Fsp3) is 0.393. The molecule has 0 bridgehead atoms. The lowest BCUT2D eigenvalue weighted by atomic mass is 10.0. The molecule has 1 aromatic heterocycles. The number of aryl methyl sites for hydroxylation is 1. The molecule has 36 heavy (non-hydrogen) atoms. The number of anilines is 1. The van der Waals surface area contributed by atoms with Crippen molar-refractivity contribution in [2.24, 2.45) is 0 Å². The highest BCUT2D eigenvalue weighted by Crippen LogP contribution is 2.28. The van der Waals surface area contributed by atoms with Gasteiger partial charge in [-0.15, -0.1) is 16.8 Å². The predicted octanol–water partition coefficient (Wildman–Crippen LogP) is 4.92. The minimum atomic E-state index is 0.125. The van der Waals surface area contributed by atoms with E-state index in [1.54, 1.807) is 0 Å². The number of piperazine rings is 1. The quantitative estimate of drug-likeness (QED) is 0.288. The molecular formula is C28H35N5O2S. The molecule has 7 nitrogen and oxygen atoms in total. The average Bonchev–Trinajstić information content (AvgIpc) is 3.28. The van der Waals surface area contributed by atoms with Crippen molar-refractivity contribution in [3.05, 3.63) is 78.1 Å². The zero-order chi connectivity index (χ0) is 25.5. The zero-order valence-corrected chi connectivity index (χ0v) is 22.2. The first-order valence-corrected chi connectivity index (χ1v) is 13.4. The minimum Gasteiger partial charge on any atom is -0.485 e. The SMILES string of the molecule is C=CCn1c(COc2cc(C)ccc2C(C)C)nnc1SCC(=O)N1CCN(c2ccccc2)CC1. The summed E-state index contributed by atoms with van der Waals surface area (Å²) in [5.74, 6) is 2.41. The lowest BCUT2D eigenvalue weighted by Gasteiger charge is -2.36. The van der Waals surface area contributed by atoms with Crippen LogP contribution < -0.4 is 9.64 Å². The van der Waals surface area contributed by atoms with Gasteiger partial charge in [0.1, 0.15) is 12.4 Å². The van der Waals surface area contributed by atoms with Crippen LogP contribution in [0.3, 0.4) is 0 Å². The average molecular weight is 506 g/mol. The van der Waals surface area contributed by atoms with Gasteiger partial charge >= 0.3 is 0 Å². The van der Waals surface area contributed by atoms with E-state index >= 15 is 0 Å². The maximum Gasteiger partial charge on any atom is 0.233 e. The lowest BCUT2D eigenvalue weighted by molar-refractivity contribution is -0.128. The van der Waals surface area contributed by atoms with Gasteiger partial charge in [-0.3, -0.25) is 9.36 Å². The molecule has 0 spiro atoms. The molecule has 2 heterocycles. The van der Waals surface area contributed by atoms with Crippen LogP contribution in [0.5, 0.6) is 5.75 Å². The third-order valence-electron chi connectivity index (χ3n) is 6.33. The van der Waals surface area contributed by atoms with Crippen LogP contribution >= 0.6 is 11.8 Å². The third kappa shape index (κ3) is 6.29. The van der Waals surface area contributed by atoms with Crippen molar-refractivity contribution in [3.63, 3.8) is 0 Å². The van der Waals surface area contributed by atoms with Crippen LogP contribution in [0.25, 0.3) is 0 Å². The van der Waals surface area contributed by atoms with Crippen LogP contribution in [0.4, 0.5) is 5.69 Å². The number of hydrogen-bond donors (Lipinski definition) is 0. The fourth-order valence-electron chi connectivity index (χ4n) is 4.30. The highest BCUT2D eigenvalue weighted by molar-refractivity contribution is 7.99. The number of benzene rings is 2. The molecule has 1 saturated heterocycles. The van der Waals surface area contributed by atoms with Crippen molar-refractivity contribution in [2.45, 2.75) is 45.0 Å². The molecule has 8 heteroatoms. The van der Waals surface area contributed by atoms with Gasteiger partial charge in [0, 0.05) is 38.4 Å². The Bertz CT molecular complexity index is 1170. The summed E-state index contributed by atoms with van der Waals surface area (Å²) >= 11 is 1.42. The Labute approximate surface area is 218 Å². The van der Waals surface area contributed by atoms with E-state index in [9.17, 15) is 4.79 Å². The standard InChI is InChI=1S/C28H35N5O2S/c1-5-13-33-26(19-35-25-18-22(4)11-12-24(25)21(2)3)29-30-28(33)36-20-27(34)32-16-14-31(15-17-32)23-9-7-6-8-10-23/h5-12,18,21H,1,13-17,19-20H2,2-4H3. The van der Waals surface area contributed by atoms with Crippen LogP contribution in [0.1, 0.15) is 36.7 Å². The number of carbonyl (C=O) groups is 1. The Balaban J connectivity index is 1.35. The van der Waals surface area contributed by atoms with E-state index < -0.39 is 0 Å². The van der Waals surface area contributed by atoms with Gasteiger partial charge < -0.3 is 14.5 Å². The first-order valence-electron chi connectivity index (χ1n) is 12.4. The number of aromatic nitrogens is 3. The predicted molar refractivity (Wildman–Crippen MR) is 146 cm³/mol. The van der Waals surface area contributed by atoms with E-state index in [-0.39, 0.29) is 5.91 Å². The fourth-order valence-corrected chi connectivity index (χ4v) is 5.17. The molecule has 0 unspecified atom stereocenters. The molecule has 1 amide bonds. The molecule has 2 aromatic carbocycles. The molecule has 0 saturated carbocycles. The Morgan fingerprint density at radius 3 is 2.56 bits per heavy atom. The van der Waals surface area contributed by atoms with Gasteiger partial charge in [-0.25, -0.2) is 0 Å². The molecule has 4 rings (SSSR count). The van der Waals surface area contributed by atoms with Crippen molar-refractivity contribution in [1.29, 1.82) is 0 Å². The van der Waals surface area contributed by atoms with E-state index in [1.807, 2.05) is 33.7 Å². The van der Waals surface area contributed by atoms with Crippen molar-refractivity contribution >= 4 is 23.4 Å². The van der Waals surface area contributed by atoms with Crippen LogP contribution in [0, 0.1) is 6.92 Å². The van der Waals surface area contributed by atoms with E-state index in [0.29, 0.717) is 30.0 Å². The Kier molecular flexibility index (Phi) is 8.70. The molecule has 0 radical (unpaired) electrons. The van der Waals surface area contributed by atoms with Crippen LogP contribution in [0.2, 0.25) is 0 Å². The van der Waals surface area contributed by atoms with E-state index in [0.717, 1.165) is 43.3 Å². The topological polar surface area (TPSA) is 63.5 Å². The number of ether oxygens (including phenoxy) is 1. The van der Waals surface area contributed by atoms with E-state index in [2.05, 4.69) is 72.8 Å². The first-order chi connectivity index (χ1) is 17.5. The second-order valence-corrected chi connectivity index (χ2v) is 10.2. The summed E-state index contributed by atoms with van der Waals surface area (Å²) in [6, 6.07) is 16.6. The van der Waals surface area contributed by atoms with Crippen molar-refractivity contribution < 1.29 is 9.53 Å². The van der Waals surface area contributed by atoms with Gasteiger partial charge in [-0.2, -0.15) is 0 Å². The van der Waals surface area contributed by atoms with Crippen LogP contribution in [0.15, 0.2) is 66.3 Å². The van der Waals surface area contributed by atoms with Crippen molar-refractivity contribution in [2.75, 3.05) is 36.8 Å². The number of rotatable bonds is 10. The number of nitrogens with zero attached hydrogens (tertiary/aromatic N) is 5. The van der Waals surface area contributed by atoms with Gasteiger partial charge in [-0.05, 0) is 42.2 Å². The summed E-state index contributed by atoms with van der Waals surface area (Å²) in [7, 11) is 0. The number of carbonyl (C=O) groups excluding carboxylic acids is 1. The highest BCUT2D eigenvalue weighted by atomic mass is 32.2. The van der Waals surface area contributed by atoms with Gasteiger partial charge in [0.15, 0.2) is 11.0 Å².